The van der Waals surface area contributed by atoms with E-state index in [2.05, 4.69) is 119 Å². The van der Waals surface area contributed by atoms with E-state index >= 15 is 0 Å². The van der Waals surface area contributed by atoms with Crippen LogP contribution in [0.5, 0.6) is 0 Å². The fraction of sp³-hybridized carbons (Fsp3) is 0.667. The highest BCUT2D eigenvalue weighted by Gasteiger charge is 2.53. The molecule has 2 aromatic rings. The van der Waals surface area contributed by atoms with Crippen LogP contribution < -0.4 is 10.4 Å². The molecular formula is C42H66O4Si2. The second-order valence-electron chi connectivity index (χ2n) is 16.5. The molecule has 2 aliphatic rings. The van der Waals surface area contributed by atoms with Gasteiger partial charge < -0.3 is 19.0 Å². The quantitative estimate of drug-likeness (QED) is 0.102. The summed E-state index contributed by atoms with van der Waals surface area (Å²) in [4.78, 5) is 0. The van der Waals surface area contributed by atoms with Crippen molar-refractivity contribution in [3.8, 4) is 11.5 Å². The van der Waals surface area contributed by atoms with Crippen molar-refractivity contribution >= 4 is 26.8 Å². The summed E-state index contributed by atoms with van der Waals surface area (Å²) >= 11 is 0. The molecule has 4 nitrogen and oxygen atoms in total. The third kappa shape index (κ3) is 10.9. The topological polar surface area (TPSA) is 47.9 Å². The van der Waals surface area contributed by atoms with Crippen molar-refractivity contribution in [2.45, 2.75) is 179 Å². The highest BCUT2D eigenvalue weighted by molar-refractivity contribution is 6.99. The fourth-order valence-electron chi connectivity index (χ4n) is 7.75. The summed E-state index contributed by atoms with van der Waals surface area (Å²) in [6.45, 7) is 16.1. The molecule has 2 fully saturated rings. The van der Waals surface area contributed by atoms with Crippen molar-refractivity contribution in [2.24, 2.45) is 0 Å². The molecule has 4 rings (SSSR count). The van der Waals surface area contributed by atoms with Gasteiger partial charge in [-0.05, 0) is 47.5 Å². The molecule has 48 heavy (non-hydrogen) atoms. The van der Waals surface area contributed by atoms with E-state index in [0.717, 1.165) is 38.5 Å². The molecule has 0 spiro atoms. The molecule has 2 saturated heterocycles. The largest absolute Gasteiger partial charge is 0.402 e. The number of benzene rings is 2. The van der Waals surface area contributed by atoms with Gasteiger partial charge in [-0.1, -0.05) is 159 Å². The molecule has 0 radical (unpaired) electrons. The van der Waals surface area contributed by atoms with Crippen LogP contribution in [-0.4, -0.2) is 58.1 Å². The summed E-state index contributed by atoms with van der Waals surface area (Å²) in [5, 5.41) is 13.5. The number of unbranched alkanes of at least 4 members (excludes halogenated alkanes) is 7. The van der Waals surface area contributed by atoms with Crippen LogP contribution in [0.25, 0.3) is 0 Å². The van der Waals surface area contributed by atoms with Gasteiger partial charge in [-0.2, -0.15) is 0 Å². The van der Waals surface area contributed by atoms with E-state index in [1.807, 2.05) is 0 Å². The first-order valence-corrected chi connectivity index (χ1v) is 24.6. The normalized spacial score (nSPS) is 23.1. The number of ether oxygens (including phenoxy) is 2. The Morgan fingerprint density at radius 1 is 0.750 bits per heavy atom. The summed E-state index contributed by atoms with van der Waals surface area (Å²) in [6.07, 6.45) is 15.1. The third-order valence-corrected chi connectivity index (χ3v) is 16.3. The van der Waals surface area contributed by atoms with E-state index in [-0.39, 0.29) is 35.6 Å². The zero-order valence-corrected chi connectivity index (χ0v) is 33.3. The van der Waals surface area contributed by atoms with Crippen molar-refractivity contribution in [1.82, 2.24) is 0 Å². The van der Waals surface area contributed by atoms with E-state index in [9.17, 15) is 5.11 Å². The molecule has 2 heterocycles. The predicted octanol–water partition coefficient (Wildman–Crippen LogP) is 9.19. The Bertz CT molecular complexity index is 1220. The smallest absolute Gasteiger partial charge is 0.261 e. The Morgan fingerprint density at radius 2 is 1.25 bits per heavy atom. The molecule has 1 N–H and O–H groups in total. The van der Waals surface area contributed by atoms with Gasteiger partial charge in [0.2, 0.25) is 0 Å². The van der Waals surface area contributed by atoms with Crippen LogP contribution in [-0.2, 0) is 13.9 Å². The standard InChI is InChI=1S/C42H66O4Si2/c1-8-9-10-11-12-13-14-21-28-41(46-48(42(2,3)4,34-23-17-15-18-24-34)35-25-19-16-20-26-35)40-32-31-39(45-40)38-30-29-37(44-38)36(43)27-22-33-47(5,6)7/h15-20,23-26,36-41,43H,8-14,21,27-32H2,1-7H3/t36-,37-,38-,39+,40-,41-/m1/s1. The van der Waals surface area contributed by atoms with Crippen molar-refractivity contribution in [3.05, 3.63) is 60.7 Å². The van der Waals surface area contributed by atoms with E-state index in [0.29, 0.717) is 6.42 Å². The van der Waals surface area contributed by atoms with Crippen LogP contribution in [0.1, 0.15) is 118 Å². The van der Waals surface area contributed by atoms with E-state index in [1.54, 1.807) is 0 Å². The predicted molar refractivity (Wildman–Crippen MR) is 207 cm³/mol. The van der Waals surface area contributed by atoms with Crippen LogP contribution in [0.3, 0.4) is 0 Å². The number of hydrogen-bond acceptors (Lipinski definition) is 4. The van der Waals surface area contributed by atoms with Crippen LogP contribution in [0, 0.1) is 11.5 Å². The van der Waals surface area contributed by atoms with Gasteiger partial charge in [-0.3, -0.25) is 0 Å². The summed E-state index contributed by atoms with van der Waals surface area (Å²) in [7, 11) is -4.18. The van der Waals surface area contributed by atoms with Crippen molar-refractivity contribution < 1.29 is 19.0 Å². The lowest BCUT2D eigenvalue weighted by molar-refractivity contribution is -0.106. The van der Waals surface area contributed by atoms with Crippen LogP contribution in [0.15, 0.2) is 60.7 Å². The third-order valence-electron chi connectivity index (χ3n) is 10.3. The minimum Gasteiger partial charge on any atom is -0.402 e. The van der Waals surface area contributed by atoms with Gasteiger partial charge in [-0.25, -0.2) is 0 Å². The van der Waals surface area contributed by atoms with Gasteiger partial charge in [0, 0.05) is 6.42 Å². The first-order valence-electron chi connectivity index (χ1n) is 19.2. The summed E-state index contributed by atoms with van der Waals surface area (Å²) in [5.41, 5.74) is 3.39. The molecule has 266 valence electrons. The van der Waals surface area contributed by atoms with Gasteiger partial charge in [-0.15, -0.1) is 11.5 Å². The zero-order valence-electron chi connectivity index (χ0n) is 31.3. The van der Waals surface area contributed by atoms with Gasteiger partial charge in [0.25, 0.3) is 8.32 Å². The Kier molecular flexibility index (Phi) is 15.1. The lowest BCUT2D eigenvalue weighted by Gasteiger charge is -2.46. The zero-order chi connectivity index (χ0) is 34.6. The maximum atomic E-state index is 10.9. The van der Waals surface area contributed by atoms with Crippen LogP contribution in [0.4, 0.5) is 0 Å². The summed E-state index contributed by atoms with van der Waals surface area (Å²) in [5.74, 6) is 3.25. The molecule has 2 aromatic carbocycles. The Morgan fingerprint density at radius 3 is 1.77 bits per heavy atom. The van der Waals surface area contributed by atoms with Crippen LogP contribution in [0.2, 0.25) is 24.7 Å². The monoisotopic (exact) mass is 690 g/mol. The Hall–Kier alpha value is -1.73. The first-order chi connectivity index (χ1) is 22.9. The average molecular weight is 691 g/mol. The summed E-state index contributed by atoms with van der Waals surface area (Å²) < 4.78 is 21.3. The SMILES string of the molecule is CCCCCCCCCC[C@@H](O[Si](c1ccccc1)(c1ccccc1)C(C)(C)C)[C@H]1CC[C@@H]([C@H]2CC[C@H]([C@H](O)CC#C[Si](C)(C)C)O2)O1. The van der Waals surface area contributed by atoms with E-state index < -0.39 is 22.5 Å². The molecule has 0 amide bonds. The molecule has 0 bridgehead atoms. The van der Waals surface area contributed by atoms with Gasteiger partial charge in [0.1, 0.15) is 8.07 Å². The lowest BCUT2D eigenvalue weighted by Crippen LogP contribution is -2.68. The lowest BCUT2D eigenvalue weighted by atomic mass is 10.0. The molecule has 0 aromatic heterocycles. The molecular weight excluding hydrogens is 625 g/mol. The van der Waals surface area contributed by atoms with Crippen molar-refractivity contribution in [2.75, 3.05) is 0 Å². The first kappa shape index (κ1) is 39.1. The number of aliphatic hydroxyl groups is 1. The number of aliphatic hydroxyl groups excluding tert-OH is 1. The minimum absolute atomic E-state index is 0.0148. The minimum atomic E-state index is -2.73. The van der Waals surface area contributed by atoms with Crippen LogP contribution >= 0.6 is 0 Å². The molecule has 0 unspecified atom stereocenters. The molecule has 2 aliphatic heterocycles. The number of hydrogen-bond donors (Lipinski definition) is 1. The van der Waals surface area contributed by atoms with E-state index in [4.69, 9.17) is 13.9 Å². The highest BCUT2D eigenvalue weighted by atomic mass is 28.4. The number of rotatable bonds is 17. The molecule has 6 heteroatoms. The Labute approximate surface area is 295 Å². The maximum absolute atomic E-state index is 10.9. The van der Waals surface area contributed by atoms with Crippen molar-refractivity contribution in [1.29, 1.82) is 0 Å². The molecule has 6 atom stereocenters. The second kappa shape index (κ2) is 18.5. The second-order valence-corrected chi connectivity index (χ2v) is 25.5. The van der Waals surface area contributed by atoms with Gasteiger partial charge in [0.15, 0.2) is 0 Å². The molecule has 0 saturated carbocycles. The average Bonchev–Trinajstić information content (AvgIpc) is 3.74. The van der Waals surface area contributed by atoms with Gasteiger partial charge >= 0.3 is 0 Å². The highest BCUT2D eigenvalue weighted by Crippen LogP contribution is 2.41. The molecule has 0 aliphatic carbocycles. The Balaban J connectivity index is 1.51. The summed E-state index contributed by atoms with van der Waals surface area (Å²) in [6, 6.07) is 22.1. The van der Waals surface area contributed by atoms with Crippen molar-refractivity contribution in [3.63, 3.8) is 0 Å². The van der Waals surface area contributed by atoms with Gasteiger partial charge in [0.05, 0.1) is 36.6 Å². The maximum Gasteiger partial charge on any atom is 0.261 e. The van der Waals surface area contributed by atoms with E-state index in [1.165, 1.54) is 55.3 Å². The fourth-order valence-corrected chi connectivity index (χ4v) is 13.1.